The van der Waals surface area contributed by atoms with Crippen molar-refractivity contribution in [1.82, 2.24) is 15.5 Å². The van der Waals surface area contributed by atoms with Gasteiger partial charge in [-0.3, -0.25) is 14.9 Å². The largest absolute Gasteiger partial charge is 0.493 e. The van der Waals surface area contributed by atoms with Gasteiger partial charge in [-0.2, -0.15) is 0 Å². The molecule has 0 atom stereocenters. The average molecular weight is 505 g/mol. The highest BCUT2D eigenvalue weighted by molar-refractivity contribution is 8.01. The number of anilines is 1. The Bertz CT molecular complexity index is 1150. The molecule has 0 fully saturated rings. The van der Waals surface area contributed by atoms with E-state index in [1.54, 1.807) is 38.5 Å². The van der Waals surface area contributed by atoms with Crippen LogP contribution in [-0.2, 0) is 16.1 Å². The molecule has 8 nitrogen and oxygen atoms in total. The highest BCUT2D eigenvalue weighted by Crippen LogP contribution is 2.28. The summed E-state index contributed by atoms with van der Waals surface area (Å²) >= 11 is 8.51. The molecule has 0 unspecified atom stereocenters. The molecular formula is C22H21ClN4O4S2. The first-order chi connectivity index (χ1) is 16.0. The third-order valence-corrected chi connectivity index (χ3v) is 6.57. The van der Waals surface area contributed by atoms with E-state index in [1.165, 1.54) is 29.2 Å². The van der Waals surface area contributed by atoms with Gasteiger partial charge in [-0.15, -0.1) is 10.2 Å². The molecule has 0 aliphatic heterocycles. The van der Waals surface area contributed by atoms with Crippen LogP contribution in [0.5, 0.6) is 11.5 Å². The standard InChI is InChI=1S/C22H21ClN4O4S2/c1-30-17-9-7-14(11-18(17)31-2)8-10-19(28)25-21-26-27-22(33-21)32-13-20(29)24-12-15-5-3-4-6-16(15)23/h3-11H,12-13H2,1-2H3,(H,24,29)(H,25,26,28)/b10-8+. The predicted molar refractivity (Wildman–Crippen MR) is 131 cm³/mol. The third kappa shape index (κ3) is 7.48. The van der Waals surface area contributed by atoms with Crippen LogP contribution >= 0.6 is 34.7 Å². The van der Waals surface area contributed by atoms with Crippen LogP contribution in [-0.4, -0.2) is 42.0 Å². The lowest BCUT2D eigenvalue weighted by Gasteiger charge is -2.07. The topological polar surface area (TPSA) is 102 Å². The van der Waals surface area contributed by atoms with Crippen LogP contribution in [0.15, 0.2) is 52.9 Å². The lowest BCUT2D eigenvalue weighted by Crippen LogP contribution is -2.24. The van der Waals surface area contributed by atoms with Gasteiger partial charge in [-0.1, -0.05) is 59.0 Å². The van der Waals surface area contributed by atoms with Crippen molar-refractivity contribution in [2.45, 2.75) is 10.9 Å². The molecule has 1 heterocycles. The van der Waals surface area contributed by atoms with Gasteiger partial charge in [0.1, 0.15) is 0 Å². The number of benzene rings is 2. The summed E-state index contributed by atoms with van der Waals surface area (Å²) in [6, 6.07) is 12.7. The zero-order valence-corrected chi connectivity index (χ0v) is 20.2. The zero-order valence-electron chi connectivity index (χ0n) is 17.8. The molecule has 1 aromatic heterocycles. The first kappa shape index (κ1) is 24.6. The van der Waals surface area contributed by atoms with E-state index < -0.39 is 0 Å². The first-order valence-corrected chi connectivity index (χ1v) is 11.8. The van der Waals surface area contributed by atoms with Gasteiger partial charge in [-0.05, 0) is 35.4 Å². The van der Waals surface area contributed by atoms with Gasteiger partial charge in [0.15, 0.2) is 15.8 Å². The minimum absolute atomic E-state index is 0.154. The zero-order chi connectivity index (χ0) is 23.6. The lowest BCUT2D eigenvalue weighted by molar-refractivity contribution is -0.118. The number of amides is 2. The van der Waals surface area contributed by atoms with Crippen molar-refractivity contribution in [1.29, 1.82) is 0 Å². The second-order valence-corrected chi connectivity index (χ2v) is 9.07. The molecule has 0 saturated carbocycles. The van der Waals surface area contributed by atoms with Gasteiger partial charge < -0.3 is 14.8 Å². The molecular weight excluding hydrogens is 484 g/mol. The van der Waals surface area contributed by atoms with Gasteiger partial charge in [0.25, 0.3) is 0 Å². The summed E-state index contributed by atoms with van der Waals surface area (Å²) in [7, 11) is 3.11. The summed E-state index contributed by atoms with van der Waals surface area (Å²) in [6.07, 6.45) is 3.04. The number of hydrogen-bond acceptors (Lipinski definition) is 8. The van der Waals surface area contributed by atoms with Crippen LogP contribution in [0.2, 0.25) is 5.02 Å². The van der Waals surface area contributed by atoms with Crippen molar-refractivity contribution in [3.05, 3.63) is 64.7 Å². The number of rotatable bonds is 10. The number of halogens is 1. The van der Waals surface area contributed by atoms with E-state index in [0.29, 0.717) is 32.5 Å². The van der Waals surface area contributed by atoms with Crippen molar-refractivity contribution in [3.8, 4) is 11.5 Å². The summed E-state index contributed by atoms with van der Waals surface area (Å²) < 4.78 is 11.0. The Labute approximate surface area is 204 Å². The molecule has 0 bridgehead atoms. The fraction of sp³-hybridized carbons (Fsp3) is 0.182. The van der Waals surface area contributed by atoms with Crippen LogP contribution in [0.3, 0.4) is 0 Å². The third-order valence-electron chi connectivity index (χ3n) is 4.23. The average Bonchev–Trinajstić information content (AvgIpc) is 3.27. The SMILES string of the molecule is COc1ccc(/C=C/C(=O)Nc2nnc(SCC(=O)NCc3ccccc3Cl)s2)cc1OC. The molecule has 0 spiro atoms. The smallest absolute Gasteiger partial charge is 0.250 e. The Balaban J connectivity index is 1.46. The van der Waals surface area contributed by atoms with Crippen LogP contribution in [0.1, 0.15) is 11.1 Å². The fourth-order valence-corrected chi connectivity index (χ4v) is 4.40. The molecule has 0 saturated heterocycles. The molecule has 33 heavy (non-hydrogen) atoms. The van der Waals surface area contributed by atoms with Crippen LogP contribution in [0.25, 0.3) is 6.08 Å². The van der Waals surface area contributed by atoms with E-state index in [9.17, 15) is 9.59 Å². The molecule has 0 aliphatic carbocycles. The lowest BCUT2D eigenvalue weighted by atomic mass is 10.2. The number of carbonyl (C=O) groups is 2. The molecule has 2 aromatic carbocycles. The summed E-state index contributed by atoms with van der Waals surface area (Å²) in [5, 5.41) is 14.4. The van der Waals surface area contributed by atoms with Crippen molar-refractivity contribution in [3.63, 3.8) is 0 Å². The number of carbonyl (C=O) groups excluding carboxylic acids is 2. The van der Waals surface area contributed by atoms with Crippen molar-refractivity contribution in [2.75, 3.05) is 25.3 Å². The molecule has 172 valence electrons. The summed E-state index contributed by atoms with van der Waals surface area (Å²) in [6.45, 7) is 0.350. The highest BCUT2D eigenvalue weighted by atomic mass is 35.5. The minimum atomic E-state index is -0.352. The van der Waals surface area contributed by atoms with E-state index >= 15 is 0 Å². The van der Waals surface area contributed by atoms with Crippen LogP contribution in [0.4, 0.5) is 5.13 Å². The van der Waals surface area contributed by atoms with E-state index in [0.717, 1.165) is 11.1 Å². The van der Waals surface area contributed by atoms with Crippen molar-refractivity contribution in [2.24, 2.45) is 0 Å². The number of hydrogen-bond donors (Lipinski definition) is 2. The Morgan fingerprint density at radius 2 is 1.91 bits per heavy atom. The second kappa shape index (κ2) is 12.2. The van der Waals surface area contributed by atoms with Crippen LogP contribution in [0, 0.1) is 0 Å². The number of aromatic nitrogens is 2. The molecule has 11 heteroatoms. The Morgan fingerprint density at radius 1 is 1.12 bits per heavy atom. The summed E-state index contributed by atoms with van der Waals surface area (Å²) in [4.78, 5) is 24.3. The molecule has 2 amide bonds. The van der Waals surface area contributed by atoms with E-state index in [4.69, 9.17) is 21.1 Å². The van der Waals surface area contributed by atoms with Gasteiger partial charge in [0, 0.05) is 17.6 Å². The maximum absolute atomic E-state index is 12.2. The molecule has 3 aromatic rings. The monoisotopic (exact) mass is 504 g/mol. The van der Waals surface area contributed by atoms with Gasteiger partial charge in [-0.25, -0.2) is 0 Å². The van der Waals surface area contributed by atoms with Crippen molar-refractivity contribution >= 4 is 57.7 Å². The van der Waals surface area contributed by atoms with E-state index in [2.05, 4.69) is 20.8 Å². The number of ether oxygens (including phenoxy) is 2. The second-order valence-electron chi connectivity index (χ2n) is 6.47. The van der Waals surface area contributed by atoms with Gasteiger partial charge in [0.2, 0.25) is 16.9 Å². The maximum Gasteiger partial charge on any atom is 0.250 e. The maximum atomic E-state index is 12.2. The number of thioether (sulfide) groups is 1. The molecule has 0 aliphatic rings. The number of methoxy groups -OCH3 is 2. The molecule has 0 radical (unpaired) electrons. The highest BCUT2D eigenvalue weighted by Gasteiger charge is 2.10. The molecule has 3 rings (SSSR count). The number of nitrogens with one attached hydrogen (secondary N) is 2. The predicted octanol–water partition coefficient (Wildman–Crippen LogP) is 4.27. The Morgan fingerprint density at radius 3 is 2.67 bits per heavy atom. The van der Waals surface area contributed by atoms with Crippen molar-refractivity contribution < 1.29 is 19.1 Å². The quantitative estimate of drug-likeness (QED) is 0.241. The summed E-state index contributed by atoms with van der Waals surface area (Å²) in [5.74, 6) is 0.845. The summed E-state index contributed by atoms with van der Waals surface area (Å²) in [5.41, 5.74) is 1.62. The Hall–Kier alpha value is -3.08. The first-order valence-electron chi connectivity index (χ1n) is 9.66. The van der Waals surface area contributed by atoms with Gasteiger partial charge >= 0.3 is 0 Å². The molecule has 2 N–H and O–H groups in total. The van der Waals surface area contributed by atoms with E-state index in [1.807, 2.05) is 24.3 Å². The van der Waals surface area contributed by atoms with Gasteiger partial charge in [0.05, 0.1) is 20.0 Å². The normalized spacial score (nSPS) is 10.8. The number of nitrogens with zero attached hydrogens (tertiary/aromatic N) is 2. The van der Waals surface area contributed by atoms with Crippen LogP contribution < -0.4 is 20.1 Å². The minimum Gasteiger partial charge on any atom is -0.493 e. The van der Waals surface area contributed by atoms with E-state index in [-0.39, 0.29) is 17.6 Å². The Kier molecular flexibility index (Phi) is 9.11. The fourth-order valence-electron chi connectivity index (χ4n) is 2.61.